The molecule has 5 heteroatoms. The minimum absolute atomic E-state index is 0.0257. The molecule has 2 rings (SSSR count). The summed E-state index contributed by atoms with van der Waals surface area (Å²) in [5, 5.41) is 10.9. The van der Waals surface area contributed by atoms with E-state index in [2.05, 4.69) is 26.8 Å². The summed E-state index contributed by atoms with van der Waals surface area (Å²) in [7, 11) is 0. The number of hydrogen-bond donors (Lipinski definition) is 0. The Morgan fingerprint density at radius 1 is 1.25 bits per heavy atom. The van der Waals surface area contributed by atoms with Gasteiger partial charge in [0.1, 0.15) is 5.75 Å². The van der Waals surface area contributed by atoms with Crippen molar-refractivity contribution in [3.8, 4) is 5.75 Å². The summed E-state index contributed by atoms with van der Waals surface area (Å²) in [5.41, 5.74) is 2.16. The van der Waals surface area contributed by atoms with Crippen molar-refractivity contribution in [2.45, 2.75) is 46.0 Å². The van der Waals surface area contributed by atoms with Gasteiger partial charge in [0.15, 0.2) is 6.61 Å². The van der Waals surface area contributed by atoms with Crippen LogP contribution in [0.5, 0.6) is 5.75 Å². The molecule has 1 heterocycles. The number of amides is 1. The monoisotopic (exact) mass is 332 g/mol. The van der Waals surface area contributed by atoms with Gasteiger partial charge >= 0.3 is 0 Å². The number of carboxylic acids is 1. The Labute approximate surface area is 143 Å². The zero-order valence-electron chi connectivity index (χ0n) is 14.9. The van der Waals surface area contributed by atoms with E-state index in [1.165, 1.54) is 0 Å². The van der Waals surface area contributed by atoms with Crippen molar-refractivity contribution < 1.29 is 19.4 Å². The maximum absolute atomic E-state index is 12.3. The number of aryl methyl sites for hydroxylation is 1. The van der Waals surface area contributed by atoms with E-state index in [9.17, 15) is 14.7 Å². The molecule has 1 saturated heterocycles. The summed E-state index contributed by atoms with van der Waals surface area (Å²) in [6.45, 7) is 9.24. The molecule has 1 aliphatic heterocycles. The first-order chi connectivity index (χ1) is 11.2. The standard InChI is InChI=1S/C19H27NO4/c1-13-5-6-16(15(11-13)19(2,3)4)24-12-17(21)20-9-7-14(8-10-20)18(22)23/h5-6,11,14H,7-10,12H2,1-4H3,(H,22,23)/p-1. The van der Waals surface area contributed by atoms with E-state index in [0.29, 0.717) is 25.9 Å². The van der Waals surface area contributed by atoms with E-state index >= 15 is 0 Å². The Bertz CT molecular complexity index is 610. The van der Waals surface area contributed by atoms with Crippen LogP contribution in [0.15, 0.2) is 18.2 Å². The summed E-state index contributed by atoms with van der Waals surface area (Å²) >= 11 is 0. The molecule has 1 aliphatic rings. The third-order valence-corrected chi connectivity index (χ3v) is 4.48. The first-order valence-corrected chi connectivity index (χ1v) is 8.41. The van der Waals surface area contributed by atoms with Gasteiger partial charge in [-0.1, -0.05) is 38.5 Å². The fourth-order valence-corrected chi connectivity index (χ4v) is 2.95. The van der Waals surface area contributed by atoms with Gasteiger partial charge in [-0.3, -0.25) is 4.79 Å². The second kappa shape index (κ2) is 7.24. The summed E-state index contributed by atoms with van der Waals surface area (Å²) in [4.78, 5) is 24.8. The Hall–Kier alpha value is -2.04. The molecular formula is C19H26NO4-. The van der Waals surface area contributed by atoms with Gasteiger partial charge in [0.2, 0.25) is 0 Å². The lowest BCUT2D eigenvalue weighted by atomic mass is 9.85. The normalized spacial score (nSPS) is 16.1. The Morgan fingerprint density at radius 3 is 2.42 bits per heavy atom. The van der Waals surface area contributed by atoms with Crippen LogP contribution in [0.3, 0.4) is 0 Å². The Morgan fingerprint density at radius 2 is 1.88 bits per heavy atom. The number of carboxylic acid groups (broad SMARTS) is 1. The summed E-state index contributed by atoms with van der Waals surface area (Å²) in [6.07, 6.45) is 0.900. The van der Waals surface area contributed by atoms with Crippen molar-refractivity contribution in [1.29, 1.82) is 0 Å². The molecule has 0 radical (unpaired) electrons. The van der Waals surface area contributed by atoms with Gasteiger partial charge in [-0.15, -0.1) is 0 Å². The first-order valence-electron chi connectivity index (χ1n) is 8.41. The number of likely N-dealkylation sites (tertiary alicyclic amines) is 1. The van der Waals surface area contributed by atoms with Gasteiger partial charge in [-0.05, 0) is 36.8 Å². The van der Waals surface area contributed by atoms with Crippen molar-refractivity contribution in [2.24, 2.45) is 5.92 Å². The van der Waals surface area contributed by atoms with E-state index in [-0.39, 0.29) is 17.9 Å². The van der Waals surface area contributed by atoms with Crippen molar-refractivity contribution in [2.75, 3.05) is 19.7 Å². The van der Waals surface area contributed by atoms with Crippen LogP contribution in [-0.4, -0.2) is 36.5 Å². The topological polar surface area (TPSA) is 69.7 Å². The first kappa shape index (κ1) is 18.3. The molecule has 0 atom stereocenters. The van der Waals surface area contributed by atoms with Crippen molar-refractivity contribution >= 4 is 11.9 Å². The fraction of sp³-hybridized carbons (Fsp3) is 0.579. The summed E-state index contributed by atoms with van der Waals surface area (Å²) < 4.78 is 5.79. The van der Waals surface area contributed by atoms with Crippen LogP contribution in [-0.2, 0) is 15.0 Å². The number of carbonyl (C=O) groups excluding carboxylic acids is 2. The van der Waals surface area contributed by atoms with Gasteiger partial charge in [0.05, 0.1) is 0 Å². The second-order valence-corrected chi connectivity index (χ2v) is 7.51. The number of benzene rings is 1. The number of nitrogens with zero attached hydrogens (tertiary/aromatic N) is 1. The lowest BCUT2D eigenvalue weighted by molar-refractivity contribution is -0.312. The molecule has 0 N–H and O–H groups in total. The average Bonchev–Trinajstić information content (AvgIpc) is 2.52. The van der Waals surface area contributed by atoms with Crippen LogP contribution < -0.4 is 9.84 Å². The molecule has 0 saturated carbocycles. The van der Waals surface area contributed by atoms with Crippen LogP contribution in [0.4, 0.5) is 0 Å². The highest BCUT2D eigenvalue weighted by Crippen LogP contribution is 2.32. The minimum Gasteiger partial charge on any atom is -0.550 e. The van der Waals surface area contributed by atoms with Gasteiger partial charge < -0.3 is 19.5 Å². The number of ether oxygens (including phenoxy) is 1. The van der Waals surface area contributed by atoms with Crippen LogP contribution in [0.2, 0.25) is 0 Å². The van der Waals surface area contributed by atoms with Crippen LogP contribution in [0.25, 0.3) is 0 Å². The molecule has 0 aliphatic carbocycles. The molecule has 0 aromatic heterocycles. The van der Waals surface area contributed by atoms with Gasteiger partial charge in [-0.25, -0.2) is 0 Å². The lowest BCUT2D eigenvalue weighted by Gasteiger charge is -2.32. The Balaban J connectivity index is 1.97. The molecule has 1 amide bonds. The predicted octanol–water partition coefficient (Wildman–Crippen LogP) is 1.66. The van der Waals surface area contributed by atoms with Gasteiger partial charge in [0, 0.05) is 25.0 Å². The van der Waals surface area contributed by atoms with Crippen molar-refractivity contribution in [3.63, 3.8) is 0 Å². The average molecular weight is 332 g/mol. The van der Waals surface area contributed by atoms with E-state index in [1.807, 2.05) is 19.1 Å². The maximum atomic E-state index is 12.3. The third-order valence-electron chi connectivity index (χ3n) is 4.48. The van der Waals surface area contributed by atoms with Crippen molar-refractivity contribution in [3.05, 3.63) is 29.3 Å². The highest BCUT2D eigenvalue weighted by atomic mass is 16.5. The van der Waals surface area contributed by atoms with Crippen LogP contribution >= 0.6 is 0 Å². The number of carbonyl (C=O) groups is 2. The zero-order chi connectivity index (χ0) is 17.9. The zero-order valence-corrected chi connectivity index (χ0v) is 14.9. The predicted molar refractivity (Wildman–Crippen MR) is 89.7 cm³/mol. The van der Waals surface area contributed by atoms with Crippen molar-refractivity contribution in [1.82, 2.24) is 4.90 Å². The molecule has 5 nitrogen and oxygen atoms in total. The summed E-state index contributed by atoms with van der Waals surface area (Å²) in [5.74, 6) is -0.842. The fourth-order valence-electron chi connectivity index (χ4n) is 2.95. The molecular weight excluding hydrogens is 306 g/mol. The van der Waals surface area contributed by atoms with E-state index in [1.54, 1.807) is 4.90 Å². The molecule has 1 fully saturated rings. The molecule has 132 valence electrons. The summed E-state index contributed by atoms with van der Waals surface area (Å²) in [6, 6.07) is 5.97. The lowest BCUT2D eigenvalue weighted by Crippen LogP contribution is -2.45. The third kappa shape index (κ3) is 4.49. The molecule has 0 unspecified atom stereocenters. The van der Waals surface area contributed by atoms with E-state index in [0.717, 1.165) is 16.9 Å². The highest BCUT2D eigenvalue weighted by molar-refractivity contribution is 5.78. The van der Waals surface area contributed by atoms with Crippen LogP contribution in [0.1, 0.15) is 44.7 Å². The number of aliphatic carboxylic acids is 1. The minimum atomic E-state index is -1.02. The molecule has 1 aromatic carbocycles. The van der Waals surface area contributed by atoms with E-state index in [4.69, 9.17) is 4.74 Å². The number of rotatable bonds is 4. The highest BCUT2D eigenvalue weighted by Gasteiger charge is 2.24. The second-order valence-electron chi connectivity index (χ2n) is 7.51. The molecule has 0 bridgehead atoms. The SMILES string of the molecule is Cc1ccc(OCC(=O)N2CCC(C(=O)[O-])CC2)c(C(C)(C)C)c1. The number of piperidine rings is 1. The molecule has 0 spiro atoms. The Kier molecular flexibility index (Phi) is 5.52. The smallest absolute Gasteiger partial charge is 0.260 e. The van der Waals surface area contributed by atoms with Gasteiger partial charge in [-0.2, -0.15) is 0 Å². The number of hydrogen-bond acceptors (Lipinski definition) is 4. The quantitative estimate of drug-likeness (QED) is 0.841. The maximum Gasteiger partial charge on any atom is 0.260 e. The largest absolute Gasteiger partial charge is 0.550 e. The molecule has 24 heavy (non-hydrogen) atoms. The van der Waals surface area contributed by atoms with Crippen LogP contribution in [0, 0.1) is 12.8 Å². The van der Waals surface area contributed by atoms with Gasteiger partial charge in [0.25, 0.3) is 5.91 Å². The molecule has 1 aromatic rings. The van der Waals surface area contributed by atoms with E-state index < -0.39 is 11.9 Å².